The first-order valence-electron chi connectivity index (χ1n) is 7.61. The molecule has 7 nitrogen and oxygen atoms in total. The first-order chi connectivity index (χ1) is 11.8. The van der Waals surface area contributed by atoms with Gasteiger partial charge in [0.1, 0.15) is 0 Å². The minimum absolute atomic E-state index is 0.0159. The molecule has 2 aromatic rings. The molecule has 0 saturated carbocycles. The fraction of sp³-hybridized carbons (Fsp3) is 0.400. The lowest BCUT2D eigenvalue weighted by Gasteiger charge is -2.13. The minimum Gasteiger partial charge on any atom is -0.391 e. The Bertz CT molecular complexity index is 762. The summed E-state index contributed by atoms with van der Waals surface area (Å²) in [6.45, 7) is 1.34. The maximum Gasteiger partial charge on any atom is 0.416 e. The predicted octanol–water partition coefficient (Wildman–Crippen LogP) is 0.596. The first-order valence-corrected chi connectivity index (χ1v) is 7.61. The average molecular weight is 355 g/mol. The predicted molar refractivity (Wildman–Crippen MR) is 81.1 cm³/mol. The molecule has 1 aromatic carbocycles. The number of aromatic nitrogens is 3. The van der Waals surface area contributed by atoms with E-state index in [4.69, 9.17) is 0 Å². The lowest BCUT2D eigenvalue weighted by Crippen LogP contribution is -2.34. The number of benzene rings is 1. The molecule has 1 fully saturated rings. The van der Waals surface area contributed by atoms with E-state index in [-0.39, 0.29) is 23.8 Å². The Morgan fingerprint density at radius 1 is 1.40 bits per heavy atom. The third-order valence-electron chi connectivity index (χ3n) is 3.99. The van der Waals surface area contributed by atoms with Gasteiger partial charge in [-0.25, -0.2) is 4.68 Å². The minimum atomic E-state index is -4.47. The third-order valence-corrected chi connectivity index (χ3v) is 3.99. The van der Waals surface area contributed by atoms with Gasteiger partial charge in [0, 0.05) is 25.6 Å². The van der Waals surface area contributed by atoms with Gasteiger partial charge in [0.25, 0.3) is 5.91 Å². The smallest absolute Gasteiger partial charge is 0.391 e. The number of carbonyl (C=O) groups excluding carboxylic acids is 1. The zero-order valence-corrected chi connectivity index (χ0v) is 13.0. The number of carbonyl (C=O) groups is 1. The maximum atomic E-state index is 12.8. The fourth-order valence-corrected chi connectivity index (χ4v) is 2.56. The molecule has 0 aliphatic carbocycles. The van der Waals surface area contributed by atoms with Crippen molar-refractivity contribution in [2.75, 3.05) is 19.6 Å². The Balaban J connectivity index is 1.68. The molecule has 2 heterocycles. The van der Waals surface area contributed by atoms with Crippen LogP contribution in [0, 0.1) is 5.92 Å². The van der Waals surface area contributed by atoms with Crippen LogP contribution in [0.5, 0.6) is 0 Å². The van der Waals surface area contributed by atoms with Crippen LogP contribution in [0.1, 0.15) is 16.1 Å². The van der Waals surface area contributed by atoms with E-state index in [0.717, 1.165) is 16.8 Å². The quantitative estimate of drug-likeness (QED) is 0.747. The van der Waals surface area contributed by atoms with Crippen molar-refractivity contribution in [2.24, 2.45) is 5.92 Å². The van der Waals surface area contributed by atoms with Crippen LogP contribution in [0.4, 0.5) is 13.2 Å². The summed E-state index contributed by atoms with van der Waals surface area (Å²) in [6, 6.07) is 4.58. The molecule has 0 radical (unpaired) electrons. The van der Waals surface area contributed by atoms with Crippen LogP contribution < -0.4 is 10.6 Å². The van der Waals surface area contributed by atoms with Crippen LogP contribution in [0.25, 0.3) is 5.69 Å². The third kappa shape index (κ3) is 3.97. The van der Waals surface area contributed by atoms with Gasteiger partial charge in [-0.15, -0.1) is 5.10 Å². The number of halogens is 3. The van der Waals surface area contributed by atoms with Crippen molar-refractivity contribution in [2.45, 2.75) is 12.3 Å². The summed E-state index contributed by atoms with van der Waals surface area (Å²) in [5.74, 6) is -0.597. The van der Waals surface area contributed by atoms with Crippen molar-refractivity contribution in [1.82, 2.24) is 25.6 Å². The molecular formula is C15H16F3N5O2. The monoisotopic (exact) mass is 355 g/mol. The fourth-order valence-electron chi connectivity index (χ4n) is 2.56. The van der Waals surface area contributed by atoms with Gasteiger partial charge in [-0.3, -0.25) is 4.79 Å². The van der Waals surface area contributed by atoms with E-state index in [1.165, 1.54) is 18.3 Å². The highest BCUT2D eigenvalue weighted by Gasteiger charge is 2.30. The highest BCUT2D eigenvalue weighted by atomic mass is 19.4. The lowest BCUT2D eigenvalue weighted by molar-refractivity contribution is -0.137. The molecule has 1 saturated heterocycles. The van der Waals surface area contributed by atoms with Gasteiger partial charge in [-0.2, -0.15) is 13.2 Å². The highest BCUT2D eigenvalue weighted by molar-refractivity contribution is 5.91. The van der Waals surface area contributed by atoms with Gasteiger partial charge >= 0.3 is 6.18 Å². The number of aliphatic hydroxyl groups excluding tert-OH is 1. The molecule has 25 heavy (non-hydrogen) atoms. The van der Waals surface area contributed by atoms with E-state index in [2.05, 4.69) is 20.9 Å². The number of aliphatic hydroxyl groups is 1. The second-order valence-electron chi connectivity index (χ2n) is 5.79. The molecule has 3 N–H and O–H groups in total. The number of rotatable bonds is 4. The molecule has 3 rings (SSSR count). The molecule has 134 valence electrons. The second kappa shape index (κ2) is 6.81. The van der Waals surface area contributed by atoms with Crippen LogP contribution in [0.3, 0.4) is 0 Å². The summed E-state index contributed by atoms with van der Waals surface area (Å²) in [7, 11) is 0. The SMILES string of the molecule is O=C(NCC1CNCC1O)c1cn(-c2cccc(C(F)(F)F)c2)nn1. The molecule has 1 aromatic heterocycles. The van der Waals surface area contributed by atoms with Crippen molar-refractivity contribution in [3.63, 3.8) is 0 Å². The van der Waals surface area contributed by atoms with Gasteiger partial charge in [0.05, 0.1) is 23.6 Å². The highest BCUT2D eigenvalue weighted by Crippen LogP contribution is 2.30. The van der Waals surface area contributed by atoms with Crippen LogP contribution in [0.15, 0.2) is 30.5 Å². The molecule has 10 heteroatoms. The van der Waals surface area contributed by atoms with Gasteiger partial charge in [0.2, 0.25) is 0 Å². The Kier molecular flexibility index (Phi) is 4.73. The number of amides is 1. The van der Waals surface area contributed by atoms with Gasteiger partial charge in [-0.05, 0) is 18.2 Å². The molecule has 0 spiro atoms. The summed E-state index contributed by atoms with van der Waals surface area (Å²) in [4.78, 5) is 12.1. The van der Waals surface area contributed by atoms with Crippen LogP contribution in [-0.4, -0.2) is 51.7 Å². The Morgan fingerprint density at radius 2 is 2.20 bits per heavy atom. The molecular weight excluding hydrogens is 339 g/mol. The average Bonchev–Trinajstić information content (AvgIpc) is 3.21. The van der Waals surface area contributed by atoms with Crippen molar-refractivity contribution in [1.29, 1.82) is 0 Å². The summed E-state index contributed by atoms with van der Waals surface area (Å²) < 4.78 is 39.4. The molecule has 2 atom stereocenters. The van der Waals surface area contributed by atoms with E-state index in [0.29, 0.717) is 13.1 Å². The molecule has 1 amide bonds. The van der Waals surface area contributed by atoms with Gasteiger partial charge < -0.3 is 15.7 Å². The van der Waals surface area contributed by atoms with E-state index in [9.17, 15) is 23.1 Å². The van der Waals surface area contributed by atoms with E-state index in [1.807, 2.05) is 0 Å². The van der Waals surface area contributed by atoms with E-state index < -0.39 is 23.8 Å². The topological polar surface area (TPSA) is 92.1 Å². The normalized spacial score (nSPS) is 20.6. The van der Waals surface area contributed by atoms with Crippen molar-refractivity contribution in [3.8, 4) is 5.69 Å². The lowest BCUT2D eigenvalue weighted by atomic mass is 10.1. The number of hydrogen-bond acceptors (Lipinski definition) is 5. The van der Waals surface area contributed by atoms with Crippen molar-refractivity contribution in [3.05, 3.63) is 41.7 Å². The van der Waals surface area contributed by atoms with Crippen LogP contribution in [-0.2, 0) is 6.18 Å². The summed E-state index contributed by atoms with van der Waals surface area (Å²) >= 11 is 0. The van der Waals surface area contributed by atoms with Crippen LogP contribution in [0.2, 0.25) is 0 Å². The zero-order chi connectivity index (χ0) is 18.0. The van der Waals surface area contributed by atoms with Gasteiger partial charge in [-0.1, -0.05) is 11.3 Å². The number of hydrogen-bond donors (Lipinski definition) is 3. The second-order valence-corrected chi connectivity index (χ2v) is 5.79. The summed E-state index contributed by atoms with van der Waals surface area (Å²) in [5, 5.41) is 22.7. The Hall–Kier alpha value is -2.46. The van der Waals surface area contributed by atoms with Crippen LogP contribution >= 0.6 is 0 Å². The standard InChI is InChI=1S/C15H16F3N5O2/c16-15(17,18)10-2-1-3-11(4-10)23-8-12(21-22-23)14(25)20-6-9-5-19-7-13(9)24/h1-4,8-9,13,19,24H,5-7H2,(H,20,25). The van der Waals surface area contributed by atoms with Crippen molar-refractivity contribution < 1.29 is 23.1 Å². The van der Waals surface area contributed by atoms with E-state index in [1.54, 1.807) is 0 Å². The molecule has 0 bridgehead atoms. The number of nitrogens with one attached hydrogen (secondary N) is 2. The van der Waals surface area contributed by atoms with E-state index >= 15 is 0 Å². The summed E-state index contributed by atoms with van der Waals surface area (Å²) in [5.41, 5.74) is -0.677. The summed E-state index contributed by atoms with van der Waals surface area (Å²) in [6.07, 6.45) is -3.73. The Labute approximate surface area is 140 Å². The number of nitrogens with zero attached hydrogens (tertiary/aromatic N) is 3. The maximum absolute atomic E-state index is 12.8. The molecule has 1 aliphatic heterocycles. The zero-order valence-electron chi connectivity index (χ0n) is 13.0. The van der Waals surface area contributed by atoms with Gasteiger partial charge in [0.15, 0.2) is 5.69 Å². The number of alkyl halides is 3. The van der Waals surface area contributed by atoms with Crippen molar-refractivity contribution >= 4 is 5.91 Å². The molecule has 2 unspecified atom stereocenters. The first kappa shape index (κ1) is 17.4. The molecule has 1 aliphatic rings. The largest absolute Gasteiger partial charge is 0.416 e. The Morgan fingerprint density at radius 3 is 2.88 bits per heavy atom. The number of β-amino-alcohol motifs (C(OH)–C–C–N with tert-alkyl or cyclic N) is 1.